The van der Waals surface area contributed by atoms with E-state index in [2.05, 4.69) is 283 Å². The Morgan fingerprint density at radius 3 is 1.64 bits per heavy atom. The first-order chi connectivity index (χ1) is 33.9. The van der Waals surface area contributed by atoms with Gasteiger partial charge in [0.05, 0.1) is 5.54 Å². The van der Waals surface area contributed by atoms with Gasteiger partial charge in [0, 0.05) is 50.6 Å². The smallest absolute Gasteiger partial charge is 0.188 e. The molecule has 0 bridgehead atoms. The van der Waals surface area contributed by atoms with Gasteiger partial charge in [-0.05, 0) is 100 Å². The summed E-state index contributed by atoms with van der Waals surface area (Å²) in [6, 6.07) is 91.8. The molecule has 9 aromatic carbocycles. The zero-order valence-corrected chi connectivity index (χ0v) is 42.5. The fourth-order valence-electron chi connectivity index (χ4n) is 10.6. The van der Waals surface area contributed by atoms with Crippen LogP contribution in [0.25, 0.3) is 77.7 Å². The van der Waals surface area contributed by atoms with Crippen LogP contribution in [0, 0.1) is 12.1 Å². The predicted molar refractivity (Wildman–Crippen MR) is 290 cm³/mol. The van der Waals surface area contributed by atoms with Crippen molar-refractivity contribution >= 4 is 61.7 Å². The van der Waals surface area contributed by atoms with Gasteiger partial charge in [-0.2, -0.15) is 35.5 Å². The van der Waals surface area contributed by atoms with E-state index in [0.717, 1.165) is 54.8 Å². The zero-order valence-electron chi connectivity index (χ0n) is 39.2. The van der Waals surface area contributed by atoms with E-state index in [9.17, 15) is 0 Å². The van der Waals surface area contributed by atoms with Gasteiger partial charge in [0.25, 0.3) is 0 Å². The molecule has 0 saturated heterocycles. The van der Waals surface area contributed by atoms with E-state index in [4.69, 9.17) is 4.98 Å². The van der Waals surface area contributed by atoms with E-state index in [1.165, 1.54) is 43.7 Å². The summed E-state index contributed by atoms with van der Waals surface area (Å²) in [6.07, 6.45) is 4.21. The second kappa shape index (κ2) is 18.3. The van der Waals surface area contributed by atoms with Crippen molar-refractivity contribution in [3.8, 4) is 44.9 Å². The first-order valence-electron chi connectivity index (χ1n) is 23.7. The Kier molecular flexibility index (Phi) is 11.7. The van der Waals surface area contributed by atoms with Crippen molar-refractivity contribution < 1.29 is 21.1 Å². The molecule has 0 fully saturated rings. The largest absolute Gasteiger partial charge is 0.319 e. The maximum Gasteiger partial charge on any atom is 0.188 e. The molecule has 12 rings (SSSR count). The van der Waals surface area contributed by atoms with Gasteiger partial charge in [0.15, 0.2) is 17.4 Å². The molecule has 0 saturated carbocycles. The van der Waals surface area contributed by atoms with Crippen LogP contribution in [-0.2, 0) is 26.6 Å². The summed E-state index contributed by atoms with van der Waals surface area (Å²) in [5.74, 6) is 0.834. The molecule has 0 spiro atoms. The van der Waals surface area contributed by atoms with Crippen LogP contribution in [0.2, 0.25) is 0 Å². The van der Waals surface area contributed by atoms with E-state index in [0.29, 0.717) is 0 Å². The number of fused-ring (bicyclic) bond motifs is 4. The summed E-state index contributed by atoms with van der Waals surface area (Å²) in [4.78, 5) is 5.21. The van der Waals surface area contributed by atoms with Crippen LogP contribution in [-0.4, -0.2) is 26.8 Å². The monoisotopic (exact) mass is 1100 g/mol. The van der Waals surface area contributed by atoms with Crippen LogP contribution >= 0.6 is 0 Å². The fourth-order valence-corrected chi connectivity index (χ4v) is 15.1. The van der Waals surface area contributed by atoms with Crippen LogP contribution in [0.1, 0.15) is 20.8 Å². The maximum absolute atomic E-state index is 5.21. The SMILES string of the molecule is CC(C)(C)n1[cH+]n(-c2[c-]c([Si](c3[c-]c4c(cc3)c3ccccc3n4-c3cc(-c4c(-c5ccccc5)cccc4-c4ccccc4)ccn3)(c3ccccc3)c3ccccc3)ccc2)c2ccccc21.[Pt]. The summed E-state index contributed by atoms with van der Waals surface area (Å²) in [5, 5.41) is 7.10. The number of hydrogen-bond donors (Lipinski definition) is 0. The standard InChI is InChI=1S/C64H49N4Si.Pt/c1-64(2,3)67-45-66(59-36-18-19-37-60(59)67)49-26-20-31-52(43-49)69(50-27-12-6-13-28-50,51-29-14-7-15-30-51)53-38-39-57-56-32-16-17-35-58(56)68(61(57)44-53)62-42-48(40-41-65-62)63-54(46-22-8-4-9-23-46)33-21-34-55(63)47-24-10-5-11-25-47;/h4-42,45H,1-3H3;/q-1;. The normalized spacial score (nSPS) is 11.8. The number of hydrogen-bond acceptors (Lipinski definition) is 1. The molecule has 0 N–H and O–H groups in total. The number of benzene rings is 9. The summed E-state index contributed by atoms with van der Waals surface area (Å²) in [6.45, 7) is 6.78. The summed E-state index contributed by atoms with van der Waals surface area (Å²) >= 11 is 0. The number of pyridine rings is 1. The molecule has 340 valence electrons. The Morgan fingerprint density at radius 1 is 0.471 bits per heavy atom. The molecule has 70 heavy (non-hydrogen) atoms. The molecule has 0 amide bonds. The molecule has 6 heteroatoms. The Hall–Kier alpha value is -7.69. The first-order valence-corrected chi connectivity index (χ1v) is 25.7. The van der Waals surface area contributed by atoms with Gasteiger partial charge in [-0.15, -0.1) is 22.7 Å². The number of rotatable bonds is 9. The molecular formula is C64H49N4PtSi-. The summed E-state index contributed by atoms with van der Waals surface area (Å²) < 4.78 is 7.01. The minimum atomic E-state index is -3.17. The summed E-state index contributed by atoms with van der Waals surface area (Å²) in [7, 11) is -3.17. The van der Waals surface area contributed by atoms with Crippen molar-refractivity contribution in [1.29, 1.82) is 0 Å². The van der Waals surface area contributed by atoms with E-state index in [1.54, 1.807) is 0 Å². The maximum atomic E-state index is 5.21. The molecule has 3 heterocycles. The second-order valence-corrected chi connectivity index (χ2v) is 22.5. The Bertz CT molecular complexity index is 3720. The quantitative estimate of drug-likeness (QED) is 0.0804. The van der Waals surface area contributed by atoms with Gasteiger partial charge in [-0.3, -0.25) is 0 Å². The van der Waals surface area contributed by atoms with Crippen molar-refractivity contribution in [3.05, 3.63) is 255 Å². The number of para-hydroxylation sites is 3. The van der Waals surface area contributed by atoms with E-state index >= 15 is 0 Å². The van der Waals surface area contributed by atoms with Gasteiger partial charge in [-0.25, -0.2) is 14.1 Å². The zero-order chi connectivity index (χ0) is 46.5. The van der Waals surface area contributed by atoms with Gasteiger partial charge in [-0.1, -0.05) is 163 Å². The minimum Gasteiger partial charge on any atom is -0.319 e. The summed E-state index contributed by atoms with van der Waals surface area (Å²) in [5.41, 5.74) is 12.2. The van der Waals surface area contributed by atoms with Crippen molar-refractivity contribution in [1.82, 2.24) is 18.7 Å². The Labute approximate surface area is 425 Å². The predicted octanol–water partition coefficient (Wildman–Crippen LogP) is 12.9. The third-order valence-corrected chi connectivity index (χ3v) is 18.3. The molecule has 0 aliphatic heterocycles. The van der Waals surface area contributed by atoms with E-state index < -0.39 is 8.07 Å². The van der Waals surface area contributed by atoms with Gasteiger partial charge in [0.2, 0.25) is 0 Å². The number of nitrogens with zero attached hydrogens (tertiary/aromatic N) is 4. The molecule has 0 atom stereocenters. The average molecular weight is 1100 g/mol. The third-order valence-electron chi connectivity index (χ3n) is 13.7. The third kappa shape index (κ3) is 7.58. The number of imidazole rings is 1. The molecule has 0 aliphatic carbocycles. The molecule has 3 aromatic heterocycles. The van der Waals surface area contributed by atoms with Gasteiger partial charge >= 0.3 is 0 Å². The second-order valence-electron chi connectivity index (χ2n) is 18.8. The first kappa shape index (κ1) is 44.8. The van der Waals surface area contributed by atoms with Crippen molar-refractivity contribution in [2.45, 2.75) is 26.3 Å². The van der Waals surface area contributed by atoms with E-state index in [1.807, 2.05) is 6.20 Å². The van der Waals surface area contributed by atoms with Crippen LogP contribution in [0.4, 0.5) is 0 Å². The molecular weight excluding hydrogens is 1050 g/mol. The van der Waals surface area contributed by atoms with Crippen LogP contribution in [0.5, 0.6) is 0 Å². The van der Waals surface area contributed by atoms with Crippen molar-refractivity contribution in [2.24, 2.45) is 0 Å². The number of aromatic nitrogens is 4. The average Bonchev–Trinajstić information content (AvgIpc) is 3.97. The van der Waals surface area contributed by atoms with Crippen LogP contribution < -0.4 is 20.7 Å². The van der Waals surface area contributed by atoms with E-state index in [-0.39, 0.29) is 26.6 Å². The molecule has 0 radical (unpaired) electrons. The topological polar surface area (TPSA) is 27.7 Å². The van der Waals surface area contributed by atoms with Crippen LogP contribution in [0.15, 0.2) is 243 Å². The van der Waals surface area contributed by atoms with Crippen molar-refractivity contribution in [3.63, 3.8) is 0 Å². The Balaban J connectivity index is 0.00000533. The molecule has 0 unspecified atom stereocenters. The molecule has 12 aromatic rings. The minimum absolute atomic E-state index is 0. The fraction of sp³-hybridized carbons (Fsp3) is 0.0625. The van der Waals surface area contributed by atoms with Crippen LogP contribution in [0.3, 0.4) is 0 Å². The molecule has 0 aliphatic rings. The van der Waals surface area contributed by atoms with Crippen molar-refractivity contribution in [2.75, 3.05) is 0 Å². The van der Waals surface area contributed by atoms with Gasteiger partial charge in [0.1, 0.15) is 13.9 Å². The Morgan fingerprint density at radius 2 is 1.01 bits per heavy atom. The molecule has 4 nitrogen and oxygen atoms in total. The van der Waals surface area contributed by atoms with Gasteiger partial charge < -0.3 is 4.57 Å².